The van der Waals surface area contributed by atoms with Crippen LogP contribution in [0.3, 0.4) is 0 Å². The van der Waals surface area contributed by atoms with Gasteiger partial charge in [0.25, 0.3) is 5.78 Å². The minimum atomic E-state index is -1.73. The third-order valence-electron chi connectivity index (χ3n) is 1.98. The number of carbonyl (C=O) groups excluding carboxylic acids is 1. The van der Waals surface area contributed by atoms with Crippen LogP contribution in [0.2, 0.25) is 5.02 Å². The Hall–Kier alpha value is -1.82. The second-order valence-electron chi connectivity index (χ2n) is 2.92. The van der Waals surface area contributed by atoms with E-state index in [4.69, 9.17) is 16.7 Å². The Kier molecular flexibility index (Phi) is 3.90. The van der Waals surface area contributed by atoms with Crippen LogP contribution in [-0.2, 0) is 4.79 Å². The van der Waals surface area contributed by atoms with Crippen LogP contribution in [-0.4, -0.2) is 31.1 Å². The molecular formula is C10H8ClFO5. The number of carboxylic acid groups (broad SMARTS) is 1. The molecule has 0 fully saturated rings. The van der Waals surface area contributed by atoms with Gasteiger partial charge in [-0.2, -0.15) is 4.39 Å². The van der Waals surface area contributed by atoms with Crippen molar-refractivity contribution in [3.63, 3.8) is 0 Å². The lowest BCUT2D eigenvalue weighted by Crippen LogP contribution is -2.15. The van der Waals surface area contributed by atoms with Gasteiger partial charge in [-0.1, -0.05) is 11.6 Å². The quantitative estimate of drug-likeness (QED) is 0.661. The van der Waals surface area contributed by atoms with Crippen molar-refractivity contribution in [3.05, 3.63) is 22.5 Å². The maximum atomic E-state index is 13.7. The first-order valence-corrected chi connectivity index (χ1v) is 4.69. The van der Waals surface area contributed by atoms with E-state index >= 15 is 0 Å². The molecule has 5 nitrogen and oxygen atoms in total. The second-order valence-corrected chi connectivity index (χ2v) is 3.33. The fourth-order valence-corrected chi connectivity index (χ4v) is 1.52. The molecule has 0 aliphatic carbocycles. The van der Waals surface area contributed by atoms with Crippen LogP contribution < -0.4 is 9.47 Å². The highest BCUT2D eigenvalue weighted by Gasteiger charge is 2.26. The van der Waals surface area contributed by atoms with E-state index in [0.717, 1.165) is 13.2 Å². The summed E-state index contributed by atoms with van der Waals surface area (Å²) in [6.07, 6.45) is 0. The minimum absolute atomic E-state index is 0.213. The van der Waals surface area contributed by atoms with Crippen LogP contribution in [0, 0.1) is 5.82 Å². The van der Waals surface area contributed by atoms with Crippen molar-refractivity contribution >= 4 is 23.4 Å². The highest BCUT2D eigenvalue weighted by atomic mass is 35.5. The molecule has 1 N–H and O–H groups in total. The summed E-state index contributed by atoms with van der Waals surface area (Å²) in [5.41, 5.74) is -0.469. The Bertz CT molecular complexity index is 486. The number of carboxylic acids is 1. The van der Waals surface area contributed by atoms with Crippen molar-refractivity contribution in [3.8, 4) is 11.5 Å². The normalized spacial score (nSPS) is 9.88. The molecule has 0 bridgehead atoms. The Balaban J connectivity index is 3.52. The SMILES string of the molecule is COc1c(Cl)cc(C(=O)C(=O)O)c(OC)c1F. The Morgan fingerprint density at radius 3 is 2.24 bits per heavy atom. The van der Waals surface area contributed by atoms with Crippen molar-refractivity contribution in [2.75, 3.05) is 14.2 Å². The van der Waals surface area contributed by atoms with Gasteiger partial charge in [-0.25, -0.2) is 4.79 Å². The van der Waals surface area contributed by atoms with Crippen LogP contribution >= 0.6 is 11.6 Å². The molecule has 1 aromatic rings. The smallest absolute Gasteiger partial charge is 0.377 e. The molecule has 0 atom stereocenters. The Morgan fingerprint density at radius 2 is 1.82 bits per heavy atom. The molecule has 0 aliphatic rings. The van der Waals surface area contributed by atoms with Gasteiger partial charge in [0.05, 0.1) is 24.8 Å². The highest BCUT2D eigenvalue weighted by Crippen LogP contribution is 2.37. The topological polar surface area (TPSA) is 72.8 Å². The number of ether oxygens (including phenoxy) is 2. The van der Waals surface area contributed by atoms with Crippen molar-refractivity contribution in [2.24, 2.45) is 0 Å². The van der Waals surface area contributed by atoms with Crippen LogP contribution in [0.5, 0.6) is 11.5 Å². The molecular weight excluding hydrogens is 255 g/mol. The maximum Gasteiger partial charge on any atom is 0.377 e. The Morgan fingerprint density at radius 1 is 1.29 bits per heavy atom. The average molecular weight is 263 g/mol. The summed E-state index contributed by atoms with van der Waals surface area (Å²) in [6, 6.07) is 0.985. The molecule has 0 saturated carbocycles. The van der Waals surface area contributed by atoms with Gasteiger partial charge in [0, 0.05) is 0 Å². The van der Waals surface area contributed by atoms with Gasteiger partial charge >= 0.3 is 5.97 Å². The molecule has 0 aliphatic heterocycles. The fraction of sp³-hybridized carbons (Fsp3) is 0.200. The highest BCUT2D eigenvalue weighted by molar-refractivity contribution is 6.41. The molecule has 0 aromatic heterocycles. The van der Waals surface area contributed by atoms with Crippen molar-refractivity contribution < 1.29 is 28.6 Å². The molecule has 92 valence electrons. The summed E-state index contributed by atoms with van der Waals surface area (Å²) in [4.78, 5) is 21.8. The van der Waals surface area contributed by atoms with Gasteiger partial charge in [0.15, 0.2) is 11.5 Å². The molecule has 1 rings (SSSR count). The van der Waals surface area contributed by atoms with Crippen LogP contribution in [0.15, 0.2) is 6.07 Å². The van der Waals surface area contributed by atoms with E-state index in [1.165, 1.54) is 7.11 Å². The fourth-order valence-electron chi connectivity index (χ4n) is 1.25. The number of Topliss-reactive ketones (excluding diaryl/α,β-unsaturated/α-hetero) is 1. The summed E-state index contributed by atoms with van der Waals surface area (Å²) < 4.78 is 23.1. The molecule has 0 heterocycles. The third kappa shape index (κ3) is 2.31. The molecule has 0 radical (unpaired) electrons. The average Bonchev–Trinajstić information content (AvgIpc) is 2.27. The number of benzene rings is 1. The van der Waals surface area contributed by atoms with Crippen LogP contribution in [0.4, 0.5) is 4.39 Å². The number of hydrogen-bond donors (Lipinski definition) is 1. The second kappa shape index (κ2) is 5.01. The van der Waals surface area contributed by atoms with Gasteiger partial charge in [0.1, 0.15) is 0 Å². The molecule has 7 heteroatoms. The van der Waals surface area contributed by atoms with Crippen molar-refractivity contribution in [1.82, 2.24) is 0 Å². The van der Waals surface area contributed by atoms with Gasteiger partial charge in [-0.15, -0.1) is 0 Å². The monoisotopic (exact) mass is 262 g/mol. The number of carbonyl (C=O) groups is 2. The first-order valence-electron chi connectivity index (χ1n) is 4.31. The molecule has 17 heavy (non-hydrogen) atoms. The van der Waals surface area contributed by atoms with Crippen LogP contribution in [0.1, 0.15) is 10.4 Å². The molecule has 0 saturated heterocycles. The summed E-state index contributed by atoms with van der Waals surface area (Å²) in [5.74, 6) is -4.90. The van der Waals surface area contributed by atoms with Crippen LogP contribution in [0.25, 0.3) is 0 Å². The van der Waals surface area contributed by atoms with E-state index in [1.54, 1.807) is 0 Å². The standard InChI is InChI=1S/C10H8ClFO5/c1-16-8-4(7(13)10(14)15)3-5(11)9(17-2)6(8)12/h3H,1-2H3,(H,14,15). The number of aliphatic carboxylic acids is 1. The van der Waals surface area contributed by atoms with E-state index in [1.807, 2.05) is 0 Å². The van der Waals surface area contributed by atoms with E-state index in [0.29, 0.717) is 0 Å². The predicted molar refractivity (Wildman–Crippen MR) is 56.5 cm³/mol. The summed E-state index contributed by atoms with van der Waals surface area (Å²) in [5, 5.41) is 8.35. The zero-order valence-electron chi connectivity index (χ0n) is 8.91. The largest absolute Gasteiger partial charge is 0.493 e. The summed E-state index contributed by atoms with van der Waals surface area (Å²) in [7, 11) is 2.28. The summed E-state index contributed by atoms with van der Waals surface area (Å²) >= 11 is 5.65. The minimum Gasteiger partial charge on any atom is -0.493 e. The Labute approximate surface area is 101 Å². The van der Waals surface area contributed by atoms with E-state index in [-0.39, 0.29) is 10.8 Å². The lowest BCUT2D eigenvalue weighted by Gasteiger charge is -2.11. The van der Waals surface area contributed by atoms with Gasteiger partial charge < -0.3 is 14.6 Å². The lowest BCUT2D eigenvalue weighted by atomic mass is 10.1. The first-order chi connectivity index (χ1) is 7.93. The zero-order valence-corrected chi connectivity index (χ0v) is 9.67. The summed E-state index contributed by atoms with van der Waals surface area (Å²) in [6.45, 7) is 0. The van der Waals surface area contributed by atoms with E-state index in [9.17, 15) is 14.0 Å². The number of hydrogen-bond acceptors (Lipinski definition) is 4. The maximum absolute atomic E-state index is 13.7. The lowest BCUT2D eigenvalue weighted by molar-refractivity contribution is -0.131. The third-order valence-corrected chi connectivity index (χ3v) is 2.26. The molecule has 0 spiro atoms. The number of methoxy groups -OCH3 is 2. The van der Waals surface area contributed by atoms with E-state index in [2.05, 4.69) is 9.47 Å². The number of ketones is 1. The van der Waals surface area contributed by atoms with E-state index < -0.39 is 28.9 Å². The number of halogens is 2. The molecule has 0 amide bonds. The first kappa shape index (κ1) is 13.2. The van der Waals surface area contributed by atoms with Gasteiger partial charge in [0.2, 0.25) is 5.82 Å². The van der Waals surface area contributed by atoms with Gasteiger partial charge in [-0.3, -0.25) is 4.79 Å². The zero-order chi connectivity index (χ0) is 13.2. The van der Waals surface area contributed by atoms with Crippen molar-refractivity contribution in [2.45, 2.75) is 0 Å². The predicted octanol–water partition coefficient (Wildman–Crippen LogP) is 1.76. The number of rotatable bonds is 4. The molecule has 1 aromatic carbocycles. The van der Waals surface area contributed by atoms with Crippen molar-refractivity contribution in [1.29, 1.82) is 0 Å². The molecule has 0 unspecified atom stereocenters. The van der Waals surface area contributed by atoms with Gasteiger partial charge in [-0.05, 0) is 6.07 Å².